The Kier molecular flexibility index (Phi) is 2.95. The van der Waals surface area contributed by atoms with Crippen molar-refractivity contribution in [2.45, 2.75) is 19.8 Å². The van der Waals surface area contributed by atoms with E-state index in [0.29, 0.717) is 5.69 Å². The molecule has 70 valence electrons. The van der Waals surface area contributed by atoms with Crippen LogP contribution in [0.4, 0.5) is 0 Å². The summed E-state index contributed by atoms with van der Waals surface area (Å²) >= 11 is 0. The Morgan fingerprint density at radius 1 is 1.54 bits per heavy atom. The summed E-state index contributed by atoms with van der Waals surface area (Å²) in [6.45, 7) is 3.72. The standard InChI is InChI=1S/C9H12N2O2/c1-6(2)8(9(12)13)7-3-4-10-5-11-7/h3-6,8H,1-2H3,(H,12,13). The second kappa shape index (κ2) is 3.98. The quantitative estimate of drug-likeness (QED) is 0.761. The molecule has 0 radical (unpaired) electrons. The molecule has 0 fully saturated rings. The first-order chi connectivity index (χ1) is 6.13. The van der Waals surface area contributed by atoms with Crippen LogP contribution in [0.3, 0.4) is 0 Å². The zero-order valence-electron chi connectivity index (χ0n) is 7.64. The van der Waals surface area contributed by atoms with Gasteiger partial charge in [-0.1, -0.05) is 13.8 Å². The number of aliphatic carboxylic acids is 1. The lowest BCUT2D eigenvalue weighted by atomic mass is 9.92. The van der Waals surface area contributed by atoms with Crippen LogP contribution in [0.15, 0.2) is 18.6 Å². The molecule has 0 saturated heterocycles. The second-order valence-corrected chi connectivity index (χ2v) is 3.19. The smallest absolute Gasteiger partial charge is 0.312 e. The van der Waals surface area contributed by atoms with Crippen LogP contribution in [0.1, 0.15) is 25.5 Å². The molecule has 1 aromatic rings. The third-order valence-electron chi connectivity index (χ3n) is 1.86. The van der Waals surface area contributed by atoms with E-state index in [1.54, 1.807) is 12.3 Å². The van der Waals surface area contributed by atoms with Crippen molar-refractivity contribution in [1.82, 2.24) is 9.97 Å². The van der Waals surface area contributed by atoms with Gasteiger partial charge in [0.1, 0.15) is 12.2 Å². The number of rotatable bonds is 3. The average molecular weight is 180 g/mol. The van der Waals surface area contributed by atoms with Crippen molar-refractivity contribution in [3.63, 3.8) is 0 Å². The van der Waals surface area contributed by atoms with Gasteiger partial charge in [0.25, 0.3) is 0 Å². The Morgan fingerprint density at radius 3 is 2.62 bits per heavy atom. The topological polar surface area (TPSA) is 63.1 Å². The number of nitrogens with zero attached hydrogens (tertiary/aromatic N) is 2. The molecule has 1 heterocycles. The van der Waals surface area contributed by atoms with E-state index in [-0.39, 0.29) is 5.92 Å². The molecule has 1 aromatic heterocycles. The van der Waals surface area contributed by atoms with Gasteiger partial charge in [-0.25, -0.2) is 9.97 Å². The van der Waals surface area contributed by atoms with Crippen molar-refractivity contribution in [1.29, 1.82) is 0 Å². The summed E-state index contributed by atoms with van der Waals surface area (Å²) in [5.41, 5.74) is 0.567. The van der Waals surface area contributed by atoms with Gasteiger partial charge >= 0.3 is 5.97 Å². The second-order valence-electron chi connectivity index (χ2n) is 3.19. The minimum atomic E-state index is -0.839. The molecule has 1 atom stereocenters. The van der Waals surface area contributed by atoms with Crippen LogP contribution in [-0.4, -0.2) is 21.0 Å². The minimum absolute atomic E-state index is 0.0346. The summed E-state index contributed by atoms with van der Waals surface area (Å²) in [7, 11) is 0. The van der Waals surface area contributed by atoms with Crippen LogP contribution in [0.25, 0.3) is 0 Å². The van der Waals surface area contributed by atoms with Crippen molar-refractivity contribution in [3.05, 3.63) is 24.3 Å². The number of hydrogen-bond acceptors (Lipinski definition) is 3. The largest absolute Gasteiger partial charge is 0.481 e. The molecule has 13 heavy (non-hydrogen) atoms. The van der Waals surface area contributed by atoms with Crippen LogP contribution >= 0.6 is 0 Å². The molecule has 4 nitrogen and oxygen atoms in total. The molecule has 0 aliphatic carbocycles. The zero-order chi connectivity index (χ0) is 9.84. The summed E-state index contributed by atoms with van der Waals surface area (Å²) in [5, 5.41) is 8.94. The summed E-state index contributed by atoms with van der Waals surface area (Å²) in [4.78, 5) is 18.6. The third kappa shape index (κ3) is 2.24. The summed E-state index contributed by atoms with van der Waals surface area (Å²) < 4.78 is 0. The Labute approximate surface area is 76.7 Å². The molecule has 0 aromatic carbocycles. The molecule has 1 rings (SSSR count). The minimum Gasteiger partial charge on any atom is -0.481 e. The lowest BCUT2D eigenvalue weighted by Crippen LogP contribution is -2.18. The van der Waals surface area contributed by atoms with Crippen LogP contribution in [0, 0.1) is 5.92 Å². The van der Waals surface area contributed by atoms with Gasteiger partial charge in [0, 0.05) is 6.20 Å². The molecular formula is C9H12N2O2. The molecule has 0 aliphatic heterocycles. The van der Waals surface area contributed by atoms with Crippen molar-refractivity contribution in [2.24, 2.45) is 5.92 Å². The highest BCUT2D eigenvalue weighted by Gasteiger charge is 2.24. The number of carboxylic acids is 1. The van der Waals surface area contributed by atoms with Gasteiger partial charge in [-0.3, -0.25) is 4.79 Å². The van der Waals surface area contributed by atoms with E-state index < -0.39 is 11.9 Å². The highest BCUT2D eigenvalue weighted by molar-refractivity contribution is 5.75. The molecule has 4 heteroatoms. The van der Waals surface area contributed by atoms with E-state index in [1.807, 2.05) is 13.8 Å². The van der Waals surface area contributed by atoms with Crippen molar-refractivity contribution >= 4 is 5.97 Å². The molecule has 0 spiro atoms. The van der Waals surface area contributed by atoms with Crippen LogP contribution in [0.5, 0.6) is 0 Å². The number of carbonyl (C=O) groups is 1. The van der Waals surface area contributed by atoms with Crippen LogP contribution in [0.2, 0.25) is 0 Å². The monoisotopic (exact) mass is 180 g/mol. The van der Waals surface area contributed by atoms with Gasteiger partial charge in [-0.05, 0) is 12.0 Å². The zero-order valence-corrected chi connectivity index (χ0v) is 7.64. The summed E-state index contributed by atoms with van der Waals surface area (Å²) in [5.74, 6) is -1.34. The fraction of sp³-hybridized carbons (Fsp3) is 0.444. The molecule has 0 bridgehead atoms. The van der Waals surface area contributed by atoms with Gasteiger partial charge in [-0.15, -0.1) is 0 Å². The number of aromatic nitrogens is 2. The maximum absolute atomic E-state index is 10.9. The highest BCUT2D eigenvalue weighted by atomic mass is 16.4. The van der Waals surface area contributed by atoms with Gasteiger partial charge < -0.3 is 5.11 Å². The molecule has 0 amide bonds. The Hall–Kier alpha value is -1.45. The van der Waals surface area contributed by atoms with Crippen molar-refractivity contribution in [2.75, 3.05) is 0 Å². The van der Waals surface area contributed by atoms with E-state index in [2.05, 4.69) is 9.97 Å². The van der Waals surface area contributed by atoms with E-state index in [1.165, 1.54) is 6.33 Å². The lowest BCUT2D eigenvalue weighted by Gasteiger charge is -2.14. The van der Waals surface area contributed by atoms with Gasteiger partial charge in [0.15, 0.2) is 0 Å². The lowest BCUT2D eigenvalue weighted by molar-refractivity contribution is -0.140. The Balaban J connectivity index is 2.96. The molecule has 1 N–H and O–H groups in total. The molecule has 0 saturated carbocycles. The van der Waals surface area contributed by atoms with E-state index in [0.717, 1.165) is 0 Å². The average Bonchev–Trinajstić information content (AvgIpc) is 2.04. The summed E-state index contributed by atoms with van der Waals surface area (Å²) in [6, 6.07) is 1.64. The van der Waals surface area contributed by atoms with E-state index >= 15 is 0 Å². The van der Waals surface area contributed by atoms with Crippen LogP contribution in [-0.2, 0) is 4.79 Å². The molecule has 1 unspecified atom stereocenters. The van der Waals surface area contributed by atoms with Crippen LogP contribution < -0.4 is 0 Å². The number of hydrogen-bond donors (Lipinski definition) is 1. The first-order valence-corrected chi connectivity index (χ1v) is 4.11. The first-order valence-electron chi connectivity index (χ1n) is 4.11. The Bertz CT molecular complexity index is 285. The fourth-order valence-electron chi connectivity index (χ4n) is 1.24. The third-order valence-corrected chi connectivity index (χ3v) is 1.86. The van der Waals surface area contributed by atoms with Gasteiger partial charge in [-0.2, -0.15) is 0 Å². The van der Waals surface area contributed by atoms with E-state index in [4.69, 9.17) is 5.11 Å². The SMILES string of the molecule is CC(C)C(C(=O)O)c1ccncn1. The fourth-order valence-corrected chi connectivity index (χ4v) is 1.24. The maximum Gasteiger partial charge on any atom is 0.312 e. The predicted molar refractivity (Wildman–Crippen MR) is 47.2 cm³/mol. The normalized spacial score (nSPS) is 12.8. The van der Waals surface area contributed by atoms with Gasteiger partial charge in [0.05, 0.1) is 5.69 Å². The molecular weight excluding hydrogens is 168 g/mol. The highest BCUT2D eigenvalue weighted by Crippen LogP contribution is 2.21. The molecule has 0 aliphatic rings. The predicted octanol–water partition coefficient (Wildman–Crippen LogP) is 1.30. The number of carboxylic acid groups (broad SMARTS) is 1. The Morgan fingerprint density at radius 2 is 2.23 bits per heavy atom. The van der Waals surface area contributed by atoms with Crippen molar-refractivity contribution in [3.8, 4) is 0 Å². The van der Waals surface area contributed by atoms with E-state index in [9.17, 15) is 4.79 Å². The summed E-state index contributed by atoms with van der Waals surface area (Å²) in [6.07, 6.45) is 2.92. The van der Waals surface area contributed by atoms with Gasteiger partial charge in [0.2, 0.25) is 0 Å². The first kappa shape index (κ1) is 9.64. The maximum atomic E-state index is 10.9. The van der Waals surface area contributed by atoms with Crippen molar-refractivity contribution < 1.29 is 9.90 Å².